The minimum absolute atomic E-state index is 0.307. The number of nitrogens with zero attached hydrogens (tertiary/aromatic N) is 1. The number of benzene rings is 1. The van der Waals surface area contributed by atoms with Crippen molar-refractivity contribution in [2.75, 3.05) is 5.43 Å². The predicted octanol–water partition coefficient (Wildman–Crippen LogP) is 3.61. The molecule has 0 radical (unpaired) electrons. The minimum Gasteiger partial charge on any atom is -0.478 e. The first-order chi connectivity index (χ1) is 10.2. The first-order valence-electron chi connectivity index (χ1n) is 7.88. The quantitative estimate of drug-likeness (QED) is 0.833. The second-order valence-electron chi connectivity index (χ2n) is 6.66. The molecule has 4 nitrogen and oxygen atoms in total. The number of nitrogens with one attached hydrogen (secondary N) is 1. The van der Waals surface area contributed by atoms with E-state index in [1.54, 1.807) is 24.3 Å². The summed E-state index contributed by atoms with van der Waals surface area (Å²) in [4.78, 5) is 10.8. The van der Waals surface area contributed by atoms with E-state index in [0.29, 0.717) is 11.5 Å². The molecule has 0 heterocycles. The summed E-state index contributed by atoms with van der Waals surface area (Å²) in [6, 6.07) is 6.77. The van der Waals surface area contributed by atoms with Gasteiger partial charge in [0.05, 0.1) is 11.3 Å². The zero-order valence-corrected chi connectivity index (χ0v) is 12.0. The van der Waals surface area contributed by atoms with Crippen LogP contribution in [0.4, 0.5) is 5.69 Å². The molecule has 3 saturated carbocycles. The van der Waals surface area contributed by atoms with Crippen LogP contribution in [0, 0.1) is 23.7 Å². The molecule has 4 atom stereocenters. The highest BCUT2D eigenvalue weighted by Crippen LogP contribution is 2.57. The summed E-state index contributed by atoms with van der Waals surface area (Å²) in [6.45, 7) is 0. The van der Waals surface area contributed by atoms with Gasteiger partial charge < -0.3 is 5.11 Å². The summed E-state index contributed by atoms with van der Waals surface area (Å²) in [5, 5.41) is 13.5. The largest absolute Gasteiger partial charge is 0.478 e. The lowest BCUT2D eigenvalue weighted by Gasteiger charge is -2.25. The Morgan fingerprint density at radius 2 is 1.95 bits per heavy atom. The third-order valence-corrected chi connectivity index (χ3v) is 5.66. The monoisotopic (exact) mass is 284 g/mol. The fraction of sp³-hybridized carbons (Fsp3) is 0.529. The van der Waals surface area contributed by atoms with Crippen molar-refractivity contribution in [1.82, 2.24) is 0 Å². The van der Waals surface area contributed by atoms with Gasteiger partial charge in [-0.2, -0.15) is 5.10 Å². The fourth-order valence-electron chi connectivity index (χ4n) is 4.77. The molecule has 0 aliphatic heterocycles. The first-order valence-corrected chi connectivity index (χ1v) is 7.88. The van der Waals surface area contributed by atoms with Gasteiger partial charge in [-0.05, 0) is 67.7 Å². The SMILES string of the molecule is O=C(O)c1ccc(N/N=C2/C[C@H]3C[C@@H]2[C@H]2CCC[C@H]32)cc1. The van der Waals surface area contributed by atoms with Crippen LogP contribution >= 0.6 is 0 Å². The fourth-order valence-corrected chi connectivity index (χ4v) is 4.77. The Kier molecular flexibility index (Phi) is 2.98. The van der Waals surface area contributed by atoms with Gasteiger partial charge in [-0.3, -0.25) is 5.43 Å². The summed E-state index contributed by atoms with van der Waals surface area (Å²) in [5.74, 6) is 2.54. The molecule has 0 spiro atoms. The van der Waals surface area contributed by atoms with E-state index in [1.807, 2.05) is 0 Å². The molecule has 0 saturated heterocycles. The molecule has 0 amide bonds. The van der Waals surface area contributed by atoms with Gasteiger partial charge in [0.2, 0.25) is 0 Å². The highest BCUT2D eigenvalue weighted by atomic mass is 16.4. The van der Waals surface area contributed by atoms with Crippen molar-refractivity contribution >= 4 is 17.4 Å². The Labute approximate surface area is 124 Å². The lowest BCUT2D eigenvalue weighted by molar-refractivity contribution is 0.0697. The molecule has 1 aromatic carbocycles. The van der Waals surface area contributed by atoms with Gasteiger partial charge in [-0.25, -0.2) is 4.79 Å². The molecule has 21 heavy (non-hydrogen) atoms. The number of fused-ring (bicyclic) bond motifs is 5. The van der Waals surface area contributed by atoms with E-state index < -0.39 is 5.97 Å². The summed E-state index contributed by atoms with van der Waals surface area (Å²) in [7, 11) is 0. The number of hydrogen-bond acceptors (Lipinski definition) is 3. The summed E-state index contributed by atoms with van der Waals surface area (Å²) in [5.41, 5.74) is 5.62. The van der Waals surface area contributed by atoms with Crippen molar-refractivity contribution in [3.8, 4) is 0 Å². The number of hydrogen-bond donors (Lipinski definition) is 2. The number of rotatable bonds is 3. The highest BCUT2D eigenvalue weighted by Gasteiger charge is 2.52. The molecule has 2 N–H and O–H groups in total. The van der Waals surface area contributed by atoms with Crippen molar-refractivity contribution in [3.05, 3.63) is 29.8 Å². The second-order valence-corrected chi connectivity index (χ2v) is 6.66. The molecule has 2 bridgehead atoms. The maximum atomic E-state index is 10.8. The van der Waals surface area contributed by atoms with E-state index in [9.17, 15) is 4.79 Å². The van der Waals surface area contributed by atoms with Crippen molar-refractivity contribution in [2.24, 2.45) is 28.8 Å². The van der Waals surface area contributed by atoms with E-state index in [4.69, 9.17) is 5.11 Å². The molecule has 0 unspecified atom stereocenters. The molecule has 3 aliphatic carbocycles. The number of carboxylic acids is 1. The van der Waals surface area contributed by atoms with Gasteiger partial charge in [-0.15, -0.1) is 0 Å². The van der Waals surface area contributed by atoms with Crippen LogP contribution in [0.3, 0.4) is 0 Å². The zero-order chi connectivity index (χ0) is 14.4. The maximum Gasteiger partial charge on any atom is 0.335 e. The summed E-state index contributed by atoms with van der Waals surface area (Å²) in [6.07, 6.45) is 6.72. The van der Waals surface area contributed by atoms with E-state index in [1.165, 1.54) is 31.4 Å². The molecule has 0 aromatic heterocycles. The normalized spacial score (nSPS) is 35.1. The summed E-state index contributed by atoms with van der Waals surface area (Å²) < 4.78 is 0. The molecule has 1 aromatic rings. The smallest absolute Gasteiger partial charge is 0.335 e. The predicted molar refractivity (Wildman–Crippen MR) is 81.5 cm³/mol. The second kappa shape index (κ2) is 4.86. The number of hydrazone groups is 1. The minimum atomic E-state index is -0.895. The van der Waals surface area contributed by atoms with Crippen molar-refractivity contribution < 1.29 is 9.90 Å². The zero-order valence-electron chi connectivity index (χ0n) is 12.0. The van der Waals surface area contributed by atoms with Crippen LogP contribution in [0.2, 0.25) is 0 Å². The van der Waals surface area contributed by atoms with Gasteiger partial charge in [0.15, 0.2) is 0 Å². The van der Waals surface area contributed by atoms with Gasteiger partial charge in [-0.1, -0.05) is 6.42 Å². The third-order valence-electron chi connectivity index (χ3n) is 5.66. The Morgan fingerprint density at radius 1 is 1.19 bits per heavy atom. The Balaban J connectivity index is 1.46. The van der Waals surface area contributed by atoms with E-state index in [-0.39, 0.29) is 0 Å². The standard InChI is InChI=1S/C17H20N2O2/c20-17(21)10-4-6-12(7-5-10)18-19-16-9-11-8-15(16)14-3-1-2-13(11)14/h4-7,11,13-15,18H,1-3,8-9H2,(H,20,21)/b19-16-/t11-,13-,14+,15-/m1/s1. The summed E-state index contributed by atoms with van der Waals surface area (Å²) >= 11 is 0. The third kappa shape index (κ3) is 2.13. The maximum absolute atomic E-state index is 10.8. The number of carbonyl (C=O) groups is 1. The average molecular weight is 284 g/mol. The Bertz CT molecular complexity index is 593. The van der Waals surface area contributed by atoms with Crippen LogP contribution in [-0.2, 0) is 0 Å². The number of anilines is 1. The molecular formula is C17H20N2O2. The molecular weight excluding hydrogens is 264 g/mol. The van der Waals surface area contributed by atoms with Crippen LogP contribution in [0.25, 0.3) is 0 Å². The molecule has 110 valence electrons. The van der Waals surface area contributed by atoms with Crippen LogP contribution in [0.1, 0.15) is 42.5 Å². The van der Waals surface area contributed by atoms with Crippen LogP contribution < -0.4 is 5.43 Å². The van der Waals surface area contributed by atoms with E-state index >= 15 is 0 Å². The lowest BCUT2D eigenvalue weighted by Crippen LogP contribution is -2.25. The first kappa shape index (κ1) is 12.9. The number of aromatic carboxylic acids is 1. The average Bonchev–Trinajstić information content (AvgIpc) is 3.17. The van der Waals surface area contributed by atoms with Gasteiger partial charge >= 0.3 is 5.97 Å². The van der Waals surface area contributed by atoms with Gasteiger partial charge in [0.1, 0.15) is 0 Å². The van der Waals surface area contributed by atoms with Crippen molar-refractivity contribution in [2.45, 2.75) is 32.1 Å². The van der Waals surface area contributed by atoms with Gasteiger partial charge in [0.25, 0.3) is 0 Å². The molecule has 4 heteroatoms. The Morgan fingerprint density at radius 3 is 2.71 bits per heavy atom. The lowest BCUT2D eigenvalue weighted by atomic mass is 9.81. The van der Waals surface area contributed by atoms with Crippen LogP contribution in [0.5, 0.6) is 0 Å². The van der Waals surface area contributed by atoms with Crippen molar-refractivity contribution in [1.29, 1.82) is 0 Å². The Hall–Kier alpha value is -1.84. The van der Waals surface area contributed by atoms with E-state index in [0.717, 1.165) is 29.9 Å². The van der Waals surface area contributed by atoms with Gasteiger partial charge in [0, 0.05) is 11.6 Å². The topological polar surface area (TPSA) is 61.7 Å². The van der Waals surface area contributed by atoms with Crippen molar-refractivity contribution in [3.63, 3.8) is 0 Å². The van der Waals surface area contributed by atoms with E-state index in [2.05, 4.69) is 10.5 Å². The number of carboxylic acid groups (broad SMARTS) is 1. The molecule has 3 aliphatic rings. The molecule has 3 fully saturated rings. The van der Waals surface area contributed by atoms with Crippen LogP contribution in [-0.4, -0.2) is 16.8 Å². The molecule has 4 rings (SSSR count). The van der Waals surface area contributed by atoms with Crippen LogP contribution in [0.15, 0.2) is 29.4 Å². The highest BCUT2D eigenvalue weighted by molar-refractivity contribution is 5.91.